The Morgan fingerprint density at radius 3 is 2.29 bits per heavy atom. The summed E-state index contributed by atoms with van der Waals surface area (Å²) in [5, 5.41) is 0. The number of rotatable bonds is 8. The zero-order valence-electron chi connectivity index (χ0n) is 19.0. The molecular weight excluding hydrogens is 436 g/mol. The molecule has 0 atom stereocenters. The number of esters is 1. The Kier molecular flexibility index (Phi) is 6.92. The molecule has 0 aliphatic carbocycles. The predicted molar refractivity (Wildman–Crippen MR) is 124 cm³/mol. The monoisotopic (exact) mass is 460 g/mol. The number of hydrogen-bond acceptors (Lipinski definition) is 7. The number of carbonyl (C=O) groups excluding carboxylic acids is 3. The van der Waals surface area contributed by atoms with E-state index in [1.54, 1.807) is 60.7 Å². The van der Waals surface area contributed by atoms with Crippen molar-refractivity contribution >= 4 is 17.5 Å². The van der Waals surface area contributed by atoms with Gasteiger partial charge in [0.05, 0.1) is 12.2 Å². The van der Waals surface area contributed by atoms with Crippen LogP contribution in [0.4, 0.5) is 0 Å². The van der Waals surface area contributed by atoms with Crippen molar-refractivity contribution in [2.24, 2.45) is 0 Å². The second-order valence-corrected chi connectivity index (χ2v) is 7.62. The molecule has 0 fully saturated rings. The fourth-order valence-electron chi connectivity index (χ4n) is 3.63. The summed E-state index contributed by atoms with van der Waals surface area (Å²) < 4.78 is 22.2. The summed E-state index contributed by atoms with van der Waals surface area (Å²) >= 11 is 0. The average Bonchev–Trinajstić information content (AvgIpc) is 2.87. The Balaban J connectivity index is 1.56. The maximum absolute atomic E-state index is 13.2. The van der Waals surface area contributed by atoms with Crippen LogP contribution in [0.5, 0.6) is 17.2 Å². The van der Waals surface area contributed by atoms with Crippen molar-refractivity contribution in [2.45, 2.75) is 20.5 Å². The van der Waals surface area contributed by atoms with Gasteiger partial charge in [-0.1, -0.05) is 18.2 Å². The van der Waals surface area contributed by atoms with Gasteiger partial charge in [-0.25, -0.2) is 4.79 Å². The van der Waals surface area contributed by atoms with Crippen LogP contribution in [-0.2, 0) is 11.3 Å². The van der Waals surface area contributed by atoms with Gasteiger partial charge in [-0.3, -0.25) is 9.59 Å². The molecule has 174 valence electrons. The molecule has 1 aliphatic heterocycles. The highest BCUT2D eigenvalue weighted by Crippen LogP contribution is 2.32. The minimum absolute atomic E-state index is 0.106. The van der Waals surface area contributed by atoms with E-state index in [-0.39, 0.29) is 29.3 Å². The first-order valence-corrected chi connectivity index (χ1v) is 10.9. The van der Waals surface area contributed by atoms with E-state index in [4.69, 9.17) is 18.9 Å². The van der Waals surface area contributed by atoms with Gasteiger partial charge in [0.1, 0.15) is 25.6 Å². The van der Waals surface area contributed by atoms with E-state index in [2.05, 4.69) is 0 Å². The van der Waals surface area contributed by atoms with Crippen molar-refractivity contribution in [3.8, 4) is 17.2 Å². The Morgan fingerprint density at radius 2 is 1.56 bits per heavy atom. The maximum atomic E-state index is 13.2. The van der Waals surface area contributed by atoms with Crippen LogP contribution in [0, 0.1) is 0 Å². The summed E-state index contributed by atoms with van der Waals surface area (Å²) in [7, 11) is 0. The zero-order valence-corrected chi connectivity index (χ0v) is 19.0. The van der Waals surface area contributed by atoms with Crippen LogP contribution in [0.15, 0.2) is 60.7 Å². The van der Waals surface area contributed by atoms with E-state index in [1.165, 1.54) is 6.92 Å². The summed E-state index contributed by atoms with van der Waals surface area (Å²) in [5.41, 5.74) is 1.79. The van der Waals surface area contributed by atoms with Crippen molar-refractivity contribution in [3.05, 3.63) is 88.5 Å². The van der Waals surface area contributed by atoms with Crippen molar-refractivity contribution in [2.75, 3.05) is 19.8 Å². The minimum atomic E-state index is -0.655. The van der Waals surface area contributed by atoms with Crippen LogP contribution in [0.25, 0.3) is 0 Å². The van der Waals surface area contributed by atoms with Crippen LogP contribution in [0.3, 0.4) is 0 Å². The fourth-order valence-corrected chi connectivity index (χ4v) is 3.63. The lowest BCUT2D eigenvalue weighted by atomic mass is 9.98. The lowest BCUT2D eigenvalue weighted by Crippen LogP contribution is -2.16. The molecule has 0 saturated heterocycles. The number of benzene rings is 3. The van der Waals surface area contributed by atoms with Gasteiger partial charge in [0.2, 0.25) is 0 Å². The first kappa shape index (κ1) is 23.0. The van der Waals surface area contributed by atoms with Crippen molar-refractivity contribution in [3.63, 3.8) is 0 Å². The fraction of sp³-hybridized carbons (Fsp3) is 0.222. The van der Waals surface area contributed by atoms with Gasteiger partial charge in [-0.15, -0.1) is 0 Å². The maximum Gasteiger partial charge on any atom is 0.339 e. The molecule has 0 aromatic heterocycles. The molecule has 34 heavy (non-hydrogen) atoms. The molecule has 0 N–H and O–H groups in total. The predicted octanol–water partition coefficient (Wildman–Crippen LogP) is 4.65. The largest absolute Gasteiger partial charge is 0.493 e. The van der Waals surface area contributed by atoms with Crippen molar-refractivity contribution < 1.29 is 33.3 Å². The zero-order chi connectivity index (χ0) is 24.1. The molecule has 0 unspecified atom stereocenters. The van der Waals surface area contributed by atoms with Crippen molar-refractivity contribution in [1.82, 2.24) is 0 Å². The molecule has 3 aromatic carbocycles. The quantitative estimate of drug-likeness (QED) is 0.357. The molecule has 3 aromatic rings. The van der Waals surface area contributed by atoms with Gasteiger partial charge in [-0.2, -0.15) is 0 Å². The average molecular weight is 460 g/mol. The second-order valence-electron chi connectivity index (χ2n) is 7.62. The van der Waals surface area contributed by atoms with Gasteiger partial charge in [0, 0.05) is 22.3 Å². The summed E-state index contributed by atoms with van der Waals surface area (Å²) in [4.78, 5) is 38.0. The number of carbonyl (C=O) groups is 3. The molecule has 1 heterocycles. The molecule has 0 bridgehead atoms. The highest BCUT2D eigenvalue weighted by molar-refractivity contribution is 6.14. The van der Waals surface area contributed by atoms with Crippen LogP contribution in [-0.4, -0.2) is 37.4 Å². The number of Topliss-reactive ketones (excluding diaryl/α,β-unsaturated/α-hetero) is 1. The van der Waals surface area contributed by atoms with Gasteiger partial charge >= 0.3 is 5.97 Å². The molecule has 0 amide bonds. The summed E-state index contributed by atoms with van der Waals surface area (Å²) in [6.07, 6.45) is 0. The minimum Gasteiger partial charge on any atom is -0.493 e. The number of ketones is 2. The number of hydrogen-bond donors (Lipinski definition) is 0. The third kappa shape index (κ3) is 4.93. The molecule has 7 nitrogen and oxygen atoms in total. The van der Waals surface area contributed by atoms with Crippen LogP contribution >= 0.6 is 0 Å². The molecule has 1 aliphatic rings. The molecule has 4 rings (SSSR count). The normalized spacial score (nSPS) is 12.1. The van der Waals surface area contributed by atoms with E-state index in [9.17, 15) is 14.4 Å². The Bertz CT molecular complexity index is 1250. The summed E-state index contributed by atoms with van der Waals surface area (Å²) in [5.74, 6) is 0.501. The first-order chi connectivity index (χ1) is 16.5. The highest BCUT2D eigenvalue weighted by atomic mass is 16.6. The topological polar surface area (TPSA) is 88.1 Å². The van der Waals surface area contributed by atoms with Gasteiger partial charge in [-0.05, 0) is 56.3 Å². The first-order valence-electron chi connectivity index (χ1n) is 10.9. The SMILES string of the molecule is CCOc1ccc(C(C)=O)cc1COC(=O)c1ccccc1C(=O)c1ccc2c(c1)OCCO2. The van der Waals surface area contributed by atoms with Crippen LogP contribution in [0.2, 0.25) is 0 Å². The van der Waals surface area contributed by atoms with Gasteiger partial charge in [0.25, 0.3) is 0 Å². The molecule has 7 heteroatoms. The van der Waals surface area contributed by atoms with E-state index in [0.29, 0.717) is 53.8 Å². The Labute approximate surface area is 197 Å². The lowest BCUT2D eigenvalue weighted by molar-refractivity contribution is 0.0467. The molecular formula is C27H24O7. The molecule has 0 radical (unpaired) electrons. The Morgan fingerprint density at radius 1 is 0.853 bits per heavy atom. The standard InChI is InChI=1S/C27H24O7/c1-3-31-23-10-8-18(17(2)28)14-20(23)16-34-27(30)22-7-5-4-6-21(22)26(29)19-9-11-24-25(15-19)33-13-12-32-24/h4-11,14-15H,3,12-13,16H2,1-2H3. The number of fused-ring (bicyclic) bond motifs is 1. The van der Waals surface area contributed by atoms with Gasteiger partial charge < -0.3 is 18.9 Å². The van der Waals surface area contributed by atoms with E-state index < -0.39 is 5.97 Å². The number of ether oxygens (including phenoxy) is 4. The highest BCUT2D eigenvalue weighted by Gasteiger charge is 2.22. The van der Waals surface area contributed by atoms with E-state index in [0.717, 1.165) is 0 Å². The van der Waals surface area contributed by atoms with Gasteiger partial charge in [0.15, 0.2) is 23.1 Å². The van der Waals surface area contributed by atoms with Crippen molar-refractivity contribution in [1.29, 1.82) is 0 Å². The Hall–Kier alpha value is -4.13. The third-order valence-corrected chi connectivity index (χ3v) is 5.32. The van der Waals surface area contributed by atoms with E-state index in [1.807, 2.05) is 6.92 Å². The molecule has 0 saturated carbocycles. The summed E-state index contributed by atoms with van der Waals surface area (Å²) in [6, 6.07) is 16.4. The van der Waals surface area contributed by atoms with E-state index >= 15 is 0 Å². The van der Waals surface area contributed by atoms with Crippen LogP contribution in [0.1, 0.15) is 56.0 Å². The summed E-state index contributed by atoms with van der Waals surface area (Å²) in [6.45, 7) is 4.48. The third-order valence-electron chi connectivity index (χ3n) is 5.32. The molecule has 0 spiro atoms. The second kappa shape index (κ2) is 10.2. The van der Waals surface area contributed by atoms with Crippen LogP contribution < -0.4 is 14.2 Å². The lowest BCUT2D eigenvalue weighted by Gasteiger charge is -2.18. The smallest absolute Gasteiger partial charge is 0.339 e.